The largest absolute Gasteiger partial charge is 0.348 e. The van der Waals surface area contributed by atoms with Gasteiger partial charge in [-0.05, 0) is 30.9 Å². The lowest BCUT2D eigenvalue weighted by atomic mass is 9.92. The normalized spacial score (nSPS) is 19.9. The van der Waals surface area contributed by atoms with Gasteiger partial charge in [0.05, 0.1) is 11.7 Å². The number of fused-ring (bicyclic) bond motifs is 1. The first-order chi connectivity index (χ1) is 6.77. The molecule has 1 aliphatic rings. The first kappa shape index (κ1) is 9.19. The highest BCUT2D eigenvalue weighted by Gasteiger charge is 2.21. The van der Waals surface area contributed by atoms with Crippen molar-refractivity contribution in [2.45, 2.75) is 32.2 Å². The summed E-state index contributed by atoms with van der Waals surface area (Å²) in [4.78, 5) is 15.3. The number of nitrogens with one attached hydrogen (secondary N) is 1. The Morgan fingerprint density at radius 1 is 1.64 bits per heavy atom. The molecule has 1 atom stereocenters. The van der Waals surface area contributed by atoms with Gasteiger partial charge in [0.1, 0.15) is 0 Å². The molecule has 0 saturated carbocycles. The van der Waals surface area contributed by atoms with Crippen LogP contribution in [-0.4, -0.2) is 10.9 Å². The number of amides is 1. The standard InChI is InChI=1S/C11H14N2O/c1-8(14)13-10-6-2-4-9-5-3-7-12-11(9)10/h3,5,7,10H,2,4,6H2,1H3,(H,13,14). The summed E-state index contributed by atoms with van der Waals surface area (Å²) in [7, 11) is 0. The summed E-state index contributed by atoms with van der Waals surface area (Å²) < 4.78 is 0. The van der Waals surface area contributed by atoms with Crippen molar-refractivity contribution in [2.24, 2.45) is 0 Å². The number of pyridine rings is 1. The maximum absolute atomic E-state index is 11.0. The van der Waals surface area contributed by atoms with E-state index >= 15 is 0 Å². The van der Waals surface area contributed by atoms with E-state index in [4.69, 9.17) is 0 Å². The quantitative estimate of drug-likeness (QED) is 0.730. The molecule has 1 heterocycles. The predicted octanol–water partition coefficient (Wildman–Crippen LogP) is 1.60. The molecule has 2 rings (SSSR count). The number of carbonyl (C=O) groups excluding carboxylic acids is 1. The van der Waals surface area contributed by atoms with Gasteiger partial charge < -0.3 is 5.32 Å². The minimum absolute atomic E-state index is 0.0218. The minimum atomic E-state index is 0.0218. The van der Waals surface area contributed by atoms with E-state index in [-0.39, 0.29) is 11.9 Å². The number of aromatic nitrogens is 1. The fourth-order valence-corrected chi connectivity index (χ4v) is 2.00. The zero-order chi connectivity index (χ0) is 9.97. The third-order valence-electron chi connectivity index (χ3n) is 2.57. The SMILES string of the molecule is CC(=O)NC1CCCc2cccnc21. The van der Waals surface area contributed by atoms with Gasteiger partial charge in [0.25, 0.3) is 0 Å². The molecule has 1 amide bonds. The van der Waals surface area contributed by atoms with Gasteiger partial charge in [0.2, 0.25) is 5.91 Å². The molecular weight excluding hydrogens is 176 g/mol. The molecule has 1 N–H and O–H groups in total. The van der Waals surface area contributed by atoms with E-state index < -0.39 is 0 Å². The Morgan fingerprint density at radius 3 is 3.29 bits per heavy atom. The molecule has 74 valence electrons. The van der Waals surface area contributed by atoms with Crippen molar-refractivity contribution < 1.29 is 4.79 Å². The number of hydrogen-bond acceptors (Lipinski definition) is 2. The maximum Gasteiger partial charge on any atom is 0.217 e. The molecular formula is C11H14N2O. The molecule has 14 heavy (non-hydrogen) atoms. The third-order valence-corrected chi connectivity index (χ3v) is 2.57. The second-order valence-electron chi connectivity index (χ2n) is 3.69. The zero-order valence-electron chi connectivity index (χ0n) is 8.29. The zero-order valence-corrected chi connectivity index (χ0v) is 8.29. The topological polar surface area (TPSA) is 42.0 Å². The van der Waals surface area contributed by atoms with Gasteiger partial charge in [-0.3, -0.25) is 9.78 Å². The Labute approximate surface area is 83.5 Å². The molecule has 0 spiro atoms. The van der Waals surface area contributed by atoms with Crippen LogP contribution >= 0.6 is 0 Å². The van der Waals surface area contributed by atoms with E-state index in [0.717, 1.165) is 25.0 Å². The van der Waals surface area contributed by atoms with Crippen molar-refractivity contribution in [3.05, 3.63) is 29.6 Å². The number of hydrogen-bond donors (Lipinski definition) is 1. The van der Waals surface area contributed by atoms with E-state index in [1.807, 2.05) is 6.07 Å². The van der Waals surface area contributed by atoms with Gasteiger partial charge in [0, 0.05) is 13.1 Å². The summed E-state index contributed by atoms with van der Waals surface area (Å²) in [5.41, 5.74) is 2.33. The first-order valence-electron chi connectivity index (χ1n) is 4.98. The average Bonchev–Trinajstić information content (AvgIpc) is 2.18. The maximum atomic E-state index is 11.0. The average molecular weight is 190 g/mol. The van der Waals surface area contributed by atoms with Crippen LogP contribution in [0.2, 0.25) is 0 Å². The first-order valence-corrected chi connectivity index (χ1v) is 4.98. The van der Waals surface area contributed by atoms with E-state index in [1.54, 1.807) is 13.1 Å². The molecule has 1 unspecified atom stereocenters. The predicted molar refractivity (Wildman–Crippen MR) is 53.7 cm³/mol. The fourth-order valence-electron chi connectivity index (χ4n) is 2.00. The Kier molecular flexibility index (Phi) is 2.48. The van der Waals surface area contributed by atoms with Crippen molar-refractivity contribution in [3.8, 4) is 0 Å². The highest BCUT2D eigenvalue weighted by Crippen LogP contribution is 2.27. The molecule has 1 aliphatic carbocycles. The van der Waals surface area contributed by atoms with Crippen LogP contribution in [0.5, 0.6) is 0 Å². The molecule has 3 heteroatoms. The summed E-state index contributed by atoms with van der Waals surface area (Å²) in [6.07, 6.45) is 5.01. The minimum Gasteiger partial charge on any atom is -0.348 e. The lowest BCUT2D eigenvalue weighted by Crippen LogP contribution is -2.29. The number of rotatable bonds is 1. The van der Waals surface area contributed by atoms with Gasteiger partial charge in [-0.25, -0.2) is 0 Å². The Balaban J connectivity index is 2.26. The highest BCUT2D eigenvalue weighted by molar-refractivity contribution is 5.73. The van der Waals surface area contributed by atoms with Crippen molar-refractivity contribution in [1.82, 2.24) is 10.3 Å². The second-order valence-corrected chi connectivity index (χ2v) is 3.69. The molecule has 0 aromatic carbocycles. The molecule has 0 radical (unpaired) electrons. The van der Waals surface area contributed by atoms with Crippen molar-refractivity contribution >= 4 is 5.91 Å². The van der Waals surface area contributed by atoms with E-state index in [9.17, 15) is 4.79 Å². The van der Waals surface area contributed by atoms with Crippen molar-refractivity contribution in [3.63, 3.8) is 0 Å². The van der Waals surface area contributed by atoms with Crippen LogP contribution in [0.4, 0.5) is 0 Å². The smallest absolute Gasteiger partial charge is 0.217 e. The van der Waals surface area contributed by atoms with Crippen LogP contribution in [0, 0.1) is 0 Å². The molecule has 0 aliphatic heterocycles. The molecule has 0 bridgehead atoms. The van der Waals surface area contributed by atoms with E-state index in [1.165, 1.54) is 5.56 Å². The molecule has 0 saturated heterocycles. The van der Waals surface area contributed by atoms with E-state index in [0.29, 0.717) is 0 Å². The van der Waals surface area contributed by atoms with Crippen molar-refractivity contribution in [2.75, 3.05) is 0 Å². The number of nitrogens with zero attached hydrogens (tertiary/aromatic N) is 1. The fraction of sp³-hybridized carbons (Fsp3) is 0.455. The Bertz CT molecular complexity index is 349. The van der Waals surface area contributed by atoms with Gasteiger partial charge in [-0.2, -0.15) is 0 Å². The highest BCUT2D eigenvalue weighted by atomic mass is 16.1. The van der Waals surface area contributed by atoms with Gasteiger partial charge in [-0.15, -0.1) is 0 Å². The lowest BCUT2D eigenvalue weighted by Gasteiger charge is -2.24. The van der Waals surface area contributed by atoms with Gasteiger partial charge >= 0.3 is 0 Å². The van der Waals surface area contributed by atoms with Gasteiger partial charge in [0.15, 0.2) is 0 Å². The summed E-state index contributed by atoms with van der Waals surface area (Å²) in [6, 6.07) is 4.17. The number of carbonyl (C=O) groups is 1. The van der Waals surface area contributed by atoms with Gasteiger partial charge in [-0.1, -0.05) is 6.07 Å². The Hall–Kier alpha value is -1.38. The molecule has 3 nitrogen and oxygen atoms in total. The lowest BCUT2D eigenvalue weighted by molar-refractivity contribution is -0.119. The van der Waals surface area contributed by atoms with Crippen molar-refractivity contribution in [1.29, 1.82) is 0 Å². The van der Waals surface area contributed by atoms with E-state index in [2.05, 4.69) is 16.4 Å². The molecule has 1 aromatic heterocycles. The third kappa shape index (κ3) is 1.76. The Morgan fingerprint density at radius 2 is 2.50 bits per heavy atom. The van der Waals surface area contributed by atoms with Crippen LogP contribution in [0.3, 0.4) is 0 Å². The molecule has 0 fully saturated rings. The second kappa shape index (κ2) is 3.78. The van der Waals surface area contributed by atoms with Crippen LogP contribution in [0.1, 0.15) is 37.1 Å². The number of aryl methyl sites for hydroxylation is 1. The van der Waals surface area contributed by atoms with Crippen LogP contribution in [-0.2, 0) is 11.2 Å². The summed E-state index contributed by atoms with van der Waals surface area (Å²) in [6.45, 7) is 1.55. The van der Waals surface area contributed by atoms with Crippen LogP contribution in [0.25, 0.3) is 0 Å². The monoisotopic (exact) mass is 190 g/mol. The summed E-state index contributed by atoms with van der Waals surface area (Å²) in [5, 5.41) is 2.94. The van der Waals surface area contributed by atoms with Crippen LogP contribution < -0.4 is 5.32 Å². The summed E-state index contributed by atoms with van der Waals surface area (Å²) in [5.74, 6) is 0.0218. The van der Waals surface area contributed by atoms with Crippen LogP contribution in [0.15, 0.2) is 18.3 Å². The molecule has 1 aromatic rings. The summed E-state index contributed by atoms with van der Waals surface area (Å²) >= 11 is 0.